The SMILES string of the molecule is O=S(=O)(NCCc1c(-c2cccs2)n[nH]c1-c1cccs1)c1cccc(Cl)c1Cl. The number of rotatable bonds is 7. The Morgan fingerprint density at radius 3 is 2.41 bits per heavy atom. The van der Waals surface area contributed by atoms with Crippen LogP contribution in [-0.4, -0.2) is 25.2 Å². The molecular weight excluding hydrogens is 469 g/mol. The lowest BCUT2D eigenvalue weighted by molar-refractivity contribution is 0.582. The van der Waals surface area contributed by atoms with Crippen LogP contribution in [0.1, 0.15) is 5.56 Å². The topological polar surface area (TPSA) is 74.8 Å². The molecule has 4 rings (SSSR count). The second-order valence-corrected chi connectivity index (χ2v) is 10.5. The van der Waals surface area contributed by atoms with Gasteiger partial charge in [-0.25, -0.2) is 13.1 Å². The van der Waals surface area contributed by atoms with E-state index in [2.05, 4.69) is 14.9 Å². The summed E-state index contributed by atoms with van der Waals surface area (Å²) in [5, 5.41) is 11.8. The molecule has 2 N–H and O–H groups in total. The molecule has 0 spiro atoms. The molecule has 1 aromatic carbocycles. The van der Waals surface area contributed by atoms with Gasteiger partial charge in [0.25, 0.3) is 0 Å². The second-order valence-electron chi connectivity index (χ2n) is 6.08. The van der Waals surface area contributed by atoms with Crippen LogP contribution in [-0.2, 0) is 16.4 Å². The van der Waals surface area contributed by atoms with Crippen LogP contribution < -0.4 is 4.72 Å². The van der Waals surface area contributed by atoms with Crippen molar-refractivity contribution in [1.29, 1.82) is 0 Å². The second kappa shape index (κ2) is 8.59. The van der Waals surface area contributed by atoms with Crippen molar-refractivity contribution in [2.24, 2.45) is 0 Å². The number of H-pyrrole nitrogens is 1. The van der Waals surface area contributed by atoms with Gasteiger partial charge in [-0.2, -0.15) is 5.10 Å². The fourth-order valence-electron chi connectivity index (χ4n) is 2.93. The Balaban J connectivity index is 1.60. The summed E-state index contributed by atoms with van der Waals surface area (Å²) in [5.74, 6) is 0. The van der Waals surface area contributed by atoms with Crippen LogP contribution in [0.3, 0.4) is 0 Å². The molecule has 0 aliphatic rings. The Morgan fingerprint density at radius 1 is 1.00 bits per heavy atom. The van der Waals surface area contributed by atoms with Crippen molar-refractivity contribution in [3.05, 3.63) is 68.8 Å². The average molecular weight is 484 g/mol. The van der Waals surface area contributed by atoms with E-state index < -0.39 is 10.0 Å². The number of nitrogens with zero attached hydrogens (tertiary/aromatic N) is 1. The maximum Gasteiger partial charge on any atom is 0.242 e. The van der Waals surface area contributed by atoms with Crippen molar-refractivity contribution in [3.63, 3.8) is 0 Å². The van der Waals surface area contributed by atoms with Gasteiger partial charge >= 0.3 is 0 Å². The molecule has 0 saturated heterocycles. The zero-order valence-electron chi connectivity index (χ0n) is 14.9. The minimum Gasteiger partial charge on any atom is -0.276 e. The number of hydrogen-bond donors (Lipinski definition) is 2. The minimum absolute atomic E-state index is 0.0172. The van der Waals surface area contributed by atoms with Gasteiger partial charge in [0, 0.05) is 12.1 Å². The number of nitrogens with one attached hydrogen (secondary N) is 2. The van der Waals surface area contributed by atoms with Crippen molar-refractivity contribution >= 4 is 55.9 Å². The summed E-state index contributed by atoms with van der Waals surface area (Å²) in [6.07, 6.45) is 0.467. The highest BCUT2D eigenvalue weighted by molar-refractivity contribution is 7.89. The highest BCUT2D eigenvalue weighted by Gasteiger charge is 2.21. The van der Waals surface area contributed by atoms with Crippen LogP contribution in [0.25, 0.3) is 21.1 Å². The molecule has 0 radical (unpaired) electrons. The fraction of sp³-hybridized carbons (Fsp3) is 0.105. The molecule has 4 aromatic rings. The van der Waals surface area contributed by atoms with Gasteiger partial charge in [-0.1, -0.05) is 41.4 Å². The average Bonchev–Trinajstić information content (AvgIpc) is 3.44. The molecule has 0 fully saturated rings. The molecule has 0 saturated carbocycles. The number of aromatic amines is 1. The molecule has 3 aromatic heterocycles. The smallest absolute Gasteiger partial charge is 0.242 e. The van der Waals surface area contributed by atoms with Crippen molar-refractivity contribution in [3.8, 4) is 21.1 Å². The third kappa shape index (κ3) is 4.28. The van der Waals surface area contributed by atoms with E-state index in [9.17, 15) is 8.42 Å². The van der Waals surface area contributed by atoms with Gasteiger partial charge in [0.15, 0.2) is 0 Å². The normalized spacial score (nSPS) is 11.8. The zero-order valence-corrected chi connectivity index (χ0v) is 18.8. The van der Waals surface area contributed by atoms with E-state index in [0.29, 0.717) is 6.42 Å². The Kier molecular flexibility index (Phi) is 6.10. The number of halogens is 2. The molecule has 0 bridgehead atoms. The Labute approximate surface area is 186 Å². The first-order chi connectivity index (χ1) is 14.0. The first-order valence-corrected chi connectivity index (χ1v) is 12.6. The van der Waals surface area contributed by atoms with E-state index in [1.165, 1.54) is 6.07 Å². The van der Waals surface area contributed by atoms with Crippen molar-refractivity contribution in [2.45, 2.75) is 11.3 Å². The highest BCUT2D eigenvalue weighted by Crippen LogP contribution is 2.35. The van der Waals surface area contributed by atoms with E-state index in [1.807, 2.05) is 35.0 Å². The largest absolute Gasteiger partial charge is 0.276 e. The standard InChI is InChI=1S/C19H15Cl2N3O2S3/c20-13-4-1-7-16(17(13)21)29(25,26)22-9-8-12-18(14-5-2-10-27-14)23-24-19(12)15-6-3-11-28-15/h1-7,10-11,22H,8-9H2,(H,23,24). The summed E-state index contributed by atoms with van der Waals surface area (Å²) < 4.78 is 28.0. The molecule has 5 nitrogen and oxygen atoms in total. The van der Waals surface area contributed by atoms with Gasteiger partial charge in [0.1, 0.15) is 10.6 Å². The van der Waals surface area contributed by atoms with Gasteiger partial charge in [-0.05, 0) is 41.4 Å². The number of aromatic nitrogens is 2. The molecule has 0 aliphatic carbocycles. The van der Waals surface area contributed by atoms with Crippen LogP contribution in [0.4, 0.5) is 0 Å². The van der Waals surface area contributed by atoms with E-state index in [-0.39, 0.29) is 21.5 Å². The van der Waals surface area contributed by atoms with Gasteiger partial charge in [-0.3, -0.25) is 5.10 Å². The van der Waals surface area contributed by atoms with Gasteiger partial charge in [0.05, 0.1) is 25.5 Å². The van der Waals surface area contributed by atoms with Crippen molar-refractivity contribution < 1.29 is 8.42 Å². The summed E-state index contributed by atoms with van der Waals surface area (Å²) in [6.45, 7) is 0.196. The van der Waals surface area contributed by atoms with E-state index >= 15 is 0 Å². The molecular formula is C19H15Cl2N3O2S3. The van der Waals surface area contributed by atoms with E-state index in [0.717, 1.165) is 26.7 Å². The van der Waals surface area contributed by atoms with Gasteiger partial charge in [-0.15, -0.1) is 22.7 Å². The summed E-state index contributed by atoms with van der Waals surface area (Å²) in [7, 11) is -3.79. The molecule has 29 heavy (non-hydrogen) atoms. The molecule has 10 heteroatoms. The molecule has 150 valence electrons. The lowest BCUT2D eigenvalue weighted by Gasteiger charge is -2.10. The molecule has 3 heterocycles. The van der Waals surface area contributed by atoms with E-state index in [4.69, 9.17) is 23.2 Å². The van der Waals surface area contributed by atoms with Crippen LogP contribution in [0.2, 0.25) is 10.0 Å². The number of thiophene rings is 2. The fourth-order valence-corrected chi connectivity index (χ4v) is 6.21. The van der Waals surface area contributed by atoms with Crippen LogP contribution in [0.5, 0.6) is 0 Å². The quantitative estimate of drug-likeness (QED) is 0.354. The maximum absolute atomic E-state index is 12.7. The minimum atomic E-state index is -3.79. The molecule has 0 amide bonds. The van der Waals surface area contributed by atoms with Crippen LogP contribution >= 0.6 is 45.9 Å². The van der Waals surface area contributed by atoms with Gasteiger partial charge < -0.3 is 0 Å². The number of sulfonamides is 1. The third-order valence-corrected chi connectivity index (χ3v) is 8.46. The molecule has 0 atom stereocenters. The molecule has 0 aliphatic heterocycles. The van der Waals surface area contributed by atoms with Crippen LogP contribution in [0, 0.1) is 0 Å². The predicted octanol–water partition coefficient (Wildman–Crippen LogP) is 5.69. The first-order valence-electron chi connectivity index (χ1n) is 8.56. The lowest BCUT2D eigenvalue weighted by Crippen LogP contribution is -2.26. The first kappa shape index (κ1) is 20.6. The summed E-state index contributed by atoms with van der Waals surface area (Å²) >= 11 is 15.2. The van der Waals surface area contributed by atoms with Crippen molar-refractivity contribution in [1.82, 2.24) is 14.9 Å². The lowest BCUT2D eigenvalue weighted by atomic mass is 10.1. The Morgan fingerprint density at radius 2 is 1.72 bits per heavy atom. The Bertz CT molecular complexity index is 1170. The predicted molar refractivity (Wildman–Crippen MR) is 121 cm³/mol. The van der Waals surface area contributed by atoms with E-state index in [1.54, 1.807) is 34.8 Å². The summed E-state index contributed by atoms with van der Waals surface area (Å²) in [6, 6.07) is 12.5. The van der Waals surface area contributed by atoms with Crippen molar-refractivity contribution in [2.75, 3.05) is 6.54 Å². The van der Waals surface area contributed by atoms with Crippen LogP contribution in [0.15, 0.2) is 58.1 Å². The van der Waals surface area contributed by atoms with Gasteiger partial charge in [0.2, 0.25) is 10.0 Å². The monoisotopic (exact) mass is 483 g/mol. The zero-order chi connectivity index (χ0) is 20.4. The third-order valence-electron chi connectivity index (χ3n) is 4.26. The number of hydrogen-bond acceptors (Lipinski definition) is 5. The Hall–Kier alpha value is -1.68. The highest BCUT2D eigenvalue weighted by atomic mass is 35.5. The molecule has 0 unspecified atom stereocenters. The number of benzene rings is 1. The summed E-state index contributed by atoms with van der Waals surface area (Å²) in [5.41, 5.74) is 2.71. The summed E-state index contributed by atoms with van der Waals surface area (Å²) in [4.78, 5) is 2.05. The maximum atomic E-state index is 12.7.